The molecule has 0 spiro atoms. The molecule has 0 N–H and O–H groups in total. The molecule has 0 aliphatic heterocycles. The van der Waals surface area contributed by atoms with Crippen molar-refractivity contribution in [2.75, 3.05) is 0 Å². The summed E-state index contributed by atoms with van der Waals surface area (Å²) in [7, 11) is 4.21. The van der Waals surface area contributed by atoms with E-state index in [-0.39, 0.29) is 46.8 Å². The fourth-order valence-corrected chi connectivity index (χ4v) is 0. The van der Waals surface area contributed by atoms with E-state index in [4.69, 9.17) is 0 Å². The Hall–Kier alpha value is 2.64. The van der Waals surface area contributed by atoms with Gasteiger partial charge in [-0.1, -0.05) is 0 Å². The fourth-order valence-electron chi connectivity index (χ4n) is 0. The Morgan fingerprint density at radius 3 is 1.25 bits per heavy atom. The van der Waals surface area contributed by atoms with Crippen LogP contribution in [0.2, 0.25) is 0 Å². The molecule has 0 saturated heterocycles. The van der Waals surface area contributed by atoms with Gasteiger partial charge in [-0.3, -0.25) is 0 Å². The van der Waals surface area contributed by atoms with E-state index in [0.29, 0.717) is 0 Å². The Balaban J connectivity index is -0.00000000500. The molecule has 0 aromatic rings. The van der Waals surface area contributed by atoms with E-state index in [9.17, 15) is 0 Å². The van der Waals surface area contributed by atoms with Crippen LogP contribution in [0.25, 0.3) is 0 Å². The van der Waals surface area contributed by atoms with Crippen LogP contribution in [0.5, 0.6) is 0 Å². The van der Waals surface area contributed by atoms with Crippen LogP contribution in [-0.4, -0.2) is 22.4 Å². The zero-order valence-electron chi connectivity index (χ0n) is 2.40. The van der Waals surface area contributed by atoms with E-state index < -0.39 is 0 Å². The third-order valence-corrected chi connectivity index (χ3v) is 0. The molecule has 0 aliphatic carbocycles. The van der Waals surface area contributed by atoms with Crippen molar-refractivity contribution in [2.45, 2.75) is 0 Å². The molecule has 0 fully saturated rings. The van der Waals surface area contributed by atoms with Gasteiger partial charge in [0.2, 0.25) is 0 Å². The second-order valence-corrected chi connectivity index (χ2v) is 0. The smallest absolute Gasteiger partial charge is 0 e. The maximum absolute atomic E-state index is 4.21. The zero-order chi connectivity index (χ0) is 2.00. The van der Waals surface area contributed by atoms with Gasteiger partial charge in [0.25, 0.3) is 0 Å². The second kappa shape index (κ2) is 17.4. The summed E-state index contributed by atoms with van der Waals surface area (Å²) >= 11 is 0.933. The molecule has 0 unspecified atom stereocenters. The van der Waals surface area contributed by atoms with Gasteiger partial charge in [-0.15, -0.1) is 0 Å². The first-order valence-electron chi connectivity index (χ1n) is 0.236. The Kier molecular flexibility index (Phi) is 69.5. The van der Waals surface area contributed by atoms with E-state index in [0.717, 1.165) is 22.4 Å². The van der Waals surface area contributed by atoms with Crippen molar-refractivity contribution in [1.82, 2.24) is 0 Å². The van der Waals surface area contributed by atoms with Gasteiger partial charge in [0, 0.05) is 46.8 Å². The summed E-state index contributed by atoms with van der Waals surface area (Å²) in [5.74, 6) is 0. The van der Waals surface area contributed by atoms with E-state index in [1.807, 2.05) is 0 Å². The number of hydrogen-bond acceptors (Lipinski definition) is 1. The second-order valence-electron chi connectivity index (χ2n) is 0. The average molecular weight is 325 g/mol. The van der Waals surface area contributed by atoms with Gasteiger partial charge >= 0.3 is 31.3 Å². The Morgan fingerprint density at radius 2 is 1.25 bits per heavy atom. The summed E-state index contributed by atoms with van der Waals surface area (Å²) < 4.78 is 0. The molecule has 4 heavy (non-hydrogen) atoms. The molecule has 0 amide bonds. The van der Waals surface area contributed by atoms with Gasteiger partial charge in [-0.05, 0) is 0 Å². The first kappa shape index (κ1) is 15.9. The van der Waals surface area contributed by atoms with Crippen LogP contribution < -0.4 is 0 Å². The maximum Gasteiger partial charge on any atom is 0 e. The molecule has 0 saturated carbocycles. The summed E-state index contributed by atoms with van der Waals surface area (Å²) in [6, 6.07) is 0. The molecule has 0 bridgehead atoms. The molecule has 0 aromatic carbocycles. The molecule has 0 aliphatic rings. The summed E-state index contributed by atoms with van der Waals surface area (Å²) in [4.78, 5) is 0. The number of hydrogen-bond donors (Lipinski definition) is 0. The van der Waals surface area contributed by atoms with E-state index >= 15 is 0 Å². The average Bonchev–Trinajstić information content (AvgIpc) is 1.00. The van der Waals surface area contributed by atoms with Gasteiger partial charge in [0.1, 0.15) is 0 Å². The third kappa shape index (κ3) is 8.82. The van der Waals surface area contributed by atoms with Crippen LogP contribution in [0.4, 0.5) is 0 Å². The standard InChI is InChI=1S/Cd.In.S.Zn. The van der Waals surface area contributed by atoms with Gasteiger partial charge < -0.3 is 0 Å². The minimum atomic E-state index is 0. The Labute approximate surface area is 76.6 Å². The van der Waals surface area contributed by atoms with Crippen LogP contribution >= 0.6 is 8.92 Å². The van der Waals surface area contributed by atoms with Gasteiger partial charge in [0.15, 0.2) is 0 Å². The minimum absolute atomic E-state index is 0. The van der Waals surface area contributed by atoms with Crippen molar-refractivity contribution in [3.8, 4) is 0 Å². The molecule has 0 rings (SSSR count). The normalized spacial score (nSPS) is 0.750. The molecular formula is CdInSZn. The number of rotatable bonds is 0. The van der Waals surface area contributed by atoms with Gasteiger partial charge in [0.05, 0.1) is 0 Å². The van der Waals surface area contributed by atoms with Crippen molar-refractivity contribution in [1.29, 1.82) is 0 Å². The van der Waals surface area contributed by atoms with Crippen LogP contribution in [0, 0.1) is 0 Å². The minimum Gasteiger partial charge on any atom is 0 e. The summed E-state index contributed by atoms with van der Waals surface area (Å²) in [6.07, 6.45) is 0. The van der Waals surface area contributed by atoms with E-state index in [1.165, 1.54) is 0 Å². The Bertz CT molecular complexity index is 8.00. The molecule has 4 heteroatoms. The summed E-state index contributed by atoms with van der Waals surface area (Å²) in [6.45, 7) is 0. The van der Waals surface area contributed by atoms with E-state index in [2.05, 4.69) is 8.92 Å². The molecule has 0 aromatic heterocycles. The fraction of sp³-hybridized carbons (Fsp3) is 0. The quantitative estimate of drug-likeness (QED) is 0.576. The topological polar surface area (TPSA) is 0 Å². The van der Waals surface area contributed by atoms with Gasteiger partial charge in [-0.2, -0.15) is 0 Å². The van der Waals surface area contributed by atoms with Crippen LogP contribution in [0.3, 0.4) is 0 Å². The molecule has 1 radical (unpaired) electrons. The molecule has 13 valence electrons. The third-order valence-electron chi connectivity index (χ3n) is 0. The Morgan fingerprint density at radius 1 is 1.25 bits per heavy atom. The monoisotopic (exact) mass is 325 g/mol. The first-order chi connectivity index (χ1) is 1.00. The maximum atomic E-state index is 4.21. The molecular weight excluding hydrogens is 325 g/mol. The molecule has 0 nitrogen and oxygen atoms in total. The largest absolute Gasteiger partial charge is 0 e. The SMILES string of the molecule is [Cd].[S]=[In].[Zn]. The molecule has 0 heterocycles. The summed E-state index contributed by atoms with van der Waals surface area (Å²) in [5, 5.41) is 0. The molecule has 0 atom stereocenters. The van der Waals surface area contributed by atoms with E-state index in [1.54, 1.807) is 0 Å². The van der Waals surface area contributed by atoms with Gasteiger partial charge in [-0.25, -0.2) is 0 Å². The van der Waals surface area contributed by atoms with Crippen molar-refractivity contribution < 1.29 is 46.8 Å². The predicted octanol–water partition coefficient (Wildman–Crippen LogP) is 0.262. The summed E-state index contributed by atoms with van der Waals surface area (Å²) in [5.41, 5.74) is 0. The van der Waals surface area contributed by atoms with Crippen LogP contribution in [-0.2, 0) is 46.8 Å². The van der Waals surface area contributed by atoms with Crippen molar-refractivity contribution in [3.05, 3.63) is 0 Å². The van der Waals surface area contributed by atoms with Crippen molar-refractivity contribution >= 4 is 31.3 Å². The predicted molar refractivity (Wildman–Crippen MR) is 13.3 cm³/mol. The first-order valence-corrected chi connectivity index (χ1v) is 4.74. The van der Waals surface area contributed by atoms with Crippen LogP contribution in [0.15, 0.2) is 0 Å². The van der Waals surface area contributed by atoms with Crippen molar-refractivity contribution in [2.24, 2.45) is 0 Å². The van der Waals surface area contributed by atoms with Crippen LogP contribution in [0.1, 0.15) is 0 Å². The zero-order valence-corrected chi connectivity index (χ0v) is 13.5. The van der Waals surface area contributed by atoms with Crippen molar-refractivity contribution in [3.63, 3.8) is 0 Å².